The van der Waals surface area contributed by atoms with Gasteiger partial charge in [-0.25, -0.2) is 0 Å². The summed E-state index contributed by atoms with van der Waals surface area (Å²) < 4.78 is 1.66. The molecule has 1 aromatic heterocycles. The lowest BCUT2D eigenvalue weighted by molar-refractivity contribution is -0.119. The molecule has 4 heteroatoms. The molecule has 0 N–H and O–H groups in total. The molecule has 1 aliphatic heterocycles. The Labute approximate surface area is 106 Å². The van der Waals surface area contributed by atoms with Crippen molar-refractivity contribution in [2.24, 2.45) is 0 Å². The summed E-state index contributed by atoms with van der Waals surface area (Å²) in [6.07, 6.45) is 4.44. The standard InChI is InChI=1S/C14H15N3O/c1-11-3-4-13-12(9-11)5-8-17(13)14(18)10-16-7-2-6-15-16/h2-4,6-7,9H,5,8,10H2,1H3. The number of fused-ring (bicyclic) bond motifs is 1. The number of aromatic nitrogens is 2. The van der Waals surface area contributed by atoms with Gasteiger partial charge in [-0.3, -0.25) is 9.48 Å². The third-order valence-corrected chi connectivity index (χ3v) is 3.29. The van der Waals surface area contributed by atoms with Crippen LogP contribution < -0.4 is 4.90 Å². The highest BCUT2D eigenvalue weighted by molar-refractivity contribution is 5.95. The Kier molecular flexibility index (Phi) is 2.63. The van der Waals surface area contributed by atoms with E-state index in [0.717, 1.165) is 18.7 Å². The minimum absolute atomic E-state index is 0.0984. The Morgan fingerprint density at radius 2 is 2.33 bits per heavy atom. The van der Waals surface area contributed by atoms with Crippen molar-refractivity contribution in [1.29, 1.82) is 0 Å². The number of amides is 1. The van der Waals surface area contributed by atoms with Crippen molar-refractivity contribution in [3.8, 4) is 0 Å². The first-order valence-electron chi connectivity index (χ1n) is 6.11. The third kappa shape index (κ3) is 1.90. The SMILES string of the molecule is Cc1ccc2c(c1)CCN2C(=O)Cn1cccn1. The molecule has 0 atom stereocenters. The van der Waals surface area contributed by atoms with Crippen LogP contribution in [0.2, 0.25) is 0 Å². The minimum atomic E-state index is 0.0984. The molecule has 0 fully saturated rings. The highest BCUT2D eigenvalue weighted by atomic mass is 16.2. The molecule has 1 aromatic carbocycles. The van der Waals surface area contributed by atoms with Gasteiger partial charge in [0, 0.05) is 24.6 Å². The van der Waals surface area contributed by atoms with Crippen molar-refractivity contribution < 1.29 is 4.79 Å². The smallest absolute Gasteiger partial charge is 0.248 e. The number of aryl methyl sites for hydroxylation is 1. The average molecular weight is 241 g/mol. The molecule has 0 spiro atoms. The quantitative estimate of drug-likeness (QED) is 0.803. The molecule has 3 rings (SSSR count). The van der Waals surface area contributed by atoms with E-state index in [1.54, 1.807) is 10.9 Å². The molecule has 0 unspecified atom stereocenters. The Bertz CT molecular complexity index is 575. The number of rotatable bonds is 2. The predicted octanol–water partition coefficient (Wildman–Crippen LogP) is 1.78. The lowest BCUT2D eigenvalue weighted by atomic mass is 10.1. The van der Waals surface area contributed by atoms with Crippen LogP contribution in [-0.4, -0.2) is 22.2 Å². The Morgan fingerprint density at radius 1 is 1.44 bits per heavy atom. The molecule has 0 radical (unpaired) electrons. The van der Waals surface area contributed by atoms with E-state index in [2.05, 4.69) is 24.2 Å². The van der Waals surface area contributed by atoms with Gasteiger partial charge in [-0.2, -0.15) is 5.10 Å². The number of carbonyl (C=O) groups is 1. The Hall–Kier alpha value is -2.10. The van der Waals surface area contributed by atoms with Crippen LogP contribution in [0.3, 0.4) is 0 Å². The molecule has 2 aromatic rings. The maximum atomic E-state index is 12.2. The van der Waals surface area contributed by atoms with E-state index in [1.807, 2.05) is 23.2 Å². The molecule has 92 valence electrons. The molecule has 4 nitrogen and oxygen atoms in total. The maximum absolute atomic E-state index is 12.2. The number of anilines is 1. The second-order valence-electron chi connectivity index (χ2n) is 4.63. The van der Waals surface area contributed by atoms with Gasteiger partial charge in [-0.1, -0.05) is 17.7 Å². The Balaban J connectivity index is 1.81. The van der Waals surface area contributed by atoms with E-state index < -0.39 is 0 Å². The number of benzene rings is 1. The van der Waals surface area contributed by atoms with Gasteiger partial charge >= 0.3 is 0 Å². The van der Waals surface area contributed by atoms with Gasteiger partial charge in [-0.15, -0.1) is 0 Å². The fourth-order valence-corrected chi connectivity index (χ4v) is 2.41. The van der Waals surface area contributed by atoms with Gasteiger partial charge in [0.1, 0.15) is 6.54 Å². The van der Waals surface area contributed by atoms with Crippen molar-refractivity contribution in [2.75, 3.05) is 11.4 Å². The van der Waals surface area contributed by atoms with Crippen LogP contribution in [0.25, 0.3) is 0 Å². The lowest BCUT2D eigenvalue weighted by Gasteiger charge is -2.17. The van der Waals surface area contributed by atoms with Crippen molar-refractivity contribution in [2.45, 2.75) is 19.9 Å². The molecule has 1 amide bonds. The summed E-state index contributed by atoms with van der Waals surface area (Å²) in [5, 5.41) is 4.07. The van der Waals surface area contributed by atoms with Crippen molar-refractivity contribution in [3.63, 3.8) is 0 Å². The molecular formula is C14H15N3O. The van der Waals surface area contributed by atoms with Gasteiger partial charge in [0.05, 0.1) is 0 Å². The Morgan fingerprint density at radius 3 is 3.11 bits per heavy atom. The molecule has 0 saturated heterocycles. The molecule has 2 heterocycles. The summed E-state index contributed by atoms with van der Waals surface area (Å²) in [6, 6.07) is 8.09. The fourth-order valence-electron chi connectivity index (χ4n) is 2.41. The largest absolute Gasteiger partial charge is 0.310 e. The lowest BCUT2D eigenvalue weighted by Crippen LogP contribution is -2.32. The van der Waals surface area contributed by atoms with E-state index in [4.69, 9.17) is 0 Å². The molecule has 1 aliphatic rings. The molecule has 18 heavy (non-hydrogen) atoms. The van der Waals surface area contributed by atoms with Crippen molar-refractivity contribution >= 4 is 11.6 Å². The monoisotopic (exact) mass is 241 g/mol. The summed E-state index contributed by atoms with van der Waals surface area (Å²) >= 11 is 0. The molecule has 0 aliphatic carbocycles. The van der Waals surface area contributed by atoms with Crippen LogP contribution in [0.4, 0.5) is 5.69 Å². The maximum Gasteiger partial charge on any atom is 0.248 e. The number of hydrogen-bond donors (Lipinski definition) is 0. The zero-order valence-electron chi connectivity index (χ0n) is 10.3. The van der Waals surface area contributed by atoms with Gasteiger partial charge in [0.2, 0.25) is 5.91 Å². The fraction of sp³-hybridized carbons (Fsp3) is 0.286. The van der Waals surface area contributed by atoms with Gasteiger partial charge in [0.25, 0.3) is 0 Å². The van der Waals surface area contributed by atoms with E-state index in [-0.39, 0.29) is 5.91 Å². The third-order valence-electron chi connectivity index (χ3n) is 3.29. The second-order valence-corrected chi connectivity index (χ2v) is 4.63. The summed E-state index contributed by atoms with van der Waals surface area (Å²) in [6.45, 7) is 3.16. The van der Waals surface area contributed by atoms with Crippen molar-refractivity contribution in [1.82, 2.24) is 9.78 Å². The highest BCUT2D eigenvalue weighted by Gasteiger charge is 2.24. The summed E-state index contributed by atoms with van der Waals surface area (Å²) in [7, 11) is 0. The van der Waals surface area contributed by atoms with Crippen LogP contribution in [0, 0.1) is 6.92 Å². The van der Waals surface area contributed by atoms with Crippen LogP contribution in [0.5, 0.6) is 0 Å². The molecule has 0 bridgehead atoms. The zero-order chi connectivity index (χ0) is 12.5. The van der Waals surface area contributed by atoms with Crippen LogP contribution >= 0.6 is 0 Å². The van der Waals surface area contributed by atoms with E-state index in [9.17, 15) is 4.79 Å². The average Bonchev–Trinajstić information content (AvgIpc) is 2.97. The van der Waals surface area contributed by atoms with E-state index >= 15 is 0 Å². The minimum Gasteiger partial charge on any atom is -0.310 e. The van der Waals surface area contributed by atoms with Gasteiger partial charge in [-0.05, 0) is 31.0 Å². The normalized spacial score (nSPS) is 13.7. The highest BCUT2D eigenvalue weighted by Crippen LogP contribution is 2.28. The molecular weight excluding hydrogens is 226 g/mol. The first-order valence-corrected chi connectivity index (χ1v) is 6.11. The zero-order valence-corrected chi connectivity index (χ0v) is 10.3. The number of nitrogens with zero attached hydrogens (tertiary/aromatic N) is 3. The van der Waals surface area contributed by atoms with Crippen LogP contribution in [0.1, 0.15) is 11.1 Å². The summed E-state index contributed by atoms with van der Waals surface area (Å²) in [4.78, 5) is 14.1. The van der Waals surface area contributed by atoms with E-state index in [0.29, 0.717) is 6.54 Å². The number of hydrogen-bond acceptors (Lipinski definition) is 2. The first kappa shape index (κ1) is 11.0. The number of carbonyl (C=O) groups excluding carboxylic acids is 1. The van der Waals surface area contributed by atoms with Gasteiger partial charge < -0.3 is 4.90 Å². The summed E-state index contributed by atoms with van der Waals surface area (Å²) in [5.74, 6) is 0.0984. The van der Waals surface area contributed by atoms with Crippen LogP contribution in [0.15, 0.2) is 36.7 Å². The van der Waals surface area contributed by atoms with Crippen molar-refractivity contribution in [3.05, 3.63) is 47.8 Å². The molecule has 0 saturated carbocycles. The van der Waals surface area contributed by atoms with Gasteiger partial charge in [0.15, 0.2) is 0 Å². The second kappa shape index (κ2) is 4.29. The van der Waals surface area contributed by atoms with Crippen LogP contribution in [-0.2, 0) is 17.8 Å². The topological polar surface area (TPSA) is 38.1 Å². The van der Waals surface area contributed by atoms with E-state index in [1.165, 1.54) is 11.1 Å². The first-order chi connectivity index (χ1) is 8.74. The summed E-state index contributed by atoms with van der Waals surface area (Å²) in [5.41, 5.74) is 3.57. The predicted molar refractivity (Wildman–Crippen MR) is 69.5 cm³/mol.